The molecule has 248 valence electrons. The predicted octanol–water partition coefficient (Wildman–Crippen LogP) is 7.63. The summed E-state index contributed by atoms with van der Waals surface area (Å²) < 4.78 is 11.1. The smallest absolute Gasteiger partial charge is 0.338 e. The van der Waals surface area contributed by atoms with Crippen molar-refractivity contribution in [2.24, 2.45) is 0 Å². The summed E-state index contributed by atoms with van der Waals surface area (Å²) >= 11 is 0. The van der Waals surface area contributed by atoms with Gasteiger partial charge in [-0.2, -0.15) is 0 Å². The number of ether oxygens (including phenoxy) is 2. The molecule has 0 heterocycles. The van der Waals surface area contributed by atoms with Crippen LogP contribution in [-0.2, 0) is 9.47 Å². The van der Waals surface area contributed by atoms with Gasteiger partial charge in [0.1, 0.15) is 13.2 Å². The summed E-state index contributed by atoms with van der Waals surface area (Å²) in [5.74, 6) is -1.14. The molecule has 0 saturated heterocycles. The number of rotatable bonds is 16. The van der Waals surface area contributed by atoms with E-state index in [4.69, 9.17) is 9.47 Å². The zero-order valence-corrected chi connectivity index (χ0v) is 28.0. The Hall–Kier alpha value is -5.50. The number of carbonyl (C=O) groups excluding carboxylic acids is 4. The molecule has 0 aromatic heterocycles. The Morgan fingerprint density at radius 2 is 0.833 bits per heavy atom. The number of hydrogen-bond donors (Lipinski definition) is 0. The van der Waals surface area contributed by atoms with Gasteiger partial charge in [0.05, 0.1) is 24.2 Å². The van der Waals surface area contributed by atoms with Crippen LogP contribution in [0.2, 0.25) is 0 Å². The standard InChI is InChI=1S/C40H42N2O6/c1-5-41(6-2)37-21-9-31(10-22-37)7-8-32-11-23-38(24-12-32)42(25-27-47-39(45)35-17-13-33(14-18-35)29(3)43)26-28-48-40(46)36-19-15-34(16-20-36)30(4)44/h7-24H,5-6,25-28H2,1-4H3. The highest BCUT2D eigenvalue weighted by molar-refractivity contribution is 5.96. The molecule has 0 aliphatic rings. The van der Waals surface area contributed by atoms with Gasteiger partial charge in [0.2, 0.25) is 0 Å². The highest BCUT2D eigenvalue weighted by atomic mass is 16.5. The molecule has 48 heavy (non-hydrogen) atoms. The number of hydrogen-bond acceptors (Lipinski definition) is 8. The van der Waals surface area contributed by atoms with Crippen molar-refractivity contribution in [3.05, 3.63) is 130 Å². The molecule has 0 fully saturated rings. The van der Waals surface area contributed by atoms with Crippen molar-refractivity contribution in [3.8, 4) is 0 Å². The molecule has 0 radical (unpaired) electrons. The van der Waals surface area contributed by atoms with Crippen LogP contribution < -0.4 is 9.80 Å². The van der Waals surface area contributed by atoms with Gasteiger partial charge in [0.25, 0.3) is 0 Å². The molecule has 8 heteroatoms. The lowest BCUT2D eigenvalue weighted by atomic mass is 10.1. The second-order valence-electron chi connectivity index (χ2n) is 11.2. The maximum absolute atomic E-state index is 12.7. The van der Waals surface area contributed by atoms with Gasteiger partial charge in [0.15, 0.2) is 11.6 Å². The largest absolute Gasteiger partial charge is 0.460 e. The highest BCUT2D eigenvalue weighted by Gasteiger charge is 2.14. The molecule has 0 unspecified atom stereocenters. The third kappa shape index (κ3) is 10.00. The first-order valence-corrected chi connectivity index (χ1v) is 16.1. The SMILES string of the molecule is CCN(CC)c1ccc(C=Cc2ccc(N(CCOC(=O)c3ccc(C(C)=O)cc3)CCOC(=O)c3ccc(C(C)=O)cc3)cc2)cc1. The van der Waals surface area contributed by atoms with Gasteiger partial charge in [-0.05, 0) is 87.4 Å². The van der Waals surface area contributed by atoms with Crippen molar-refractivity contribution in [2.75, 3.05) is 49.2 Å². The minimum atomic E-state index is -0.490. The molecule has 4 aromatic carbocycles. The molecule has 0 atom stereocenters. The molecule has 0 aliphatic carbocycles. The van der Waals surface area contributed by atoms with Crippen LogP contribution in [0, 0.1) is 0 Å². The second-order valence-corrected chi connectivity index (χ2v) is 11.2. The van der Waals surface area contributed by atoms with E-state index in [2.05, 4.69) is 55.2 Å². The summed E-state index contributed by atoms with van der Waals surface area (Å²) in [4.78, 5) is 52.7. The van der Waals surface area contributed by atoms with E-state index in [1.165, 1.54) is 19.5 Å². The van der Waals surface area contributed by atoms with Crippen LogP contribution in [0.4, 0.5) is 11.4 Å². The number of nitrogens with zero attached hydrogens (tertiary/aromatic N) is 2. The zero-order valence-electron chi connectivity index (χ0n) is 28.0. The van der Waals surface area contributed by atoms with E-state index >= 15 is 0 Å². The fourth-order valence-corrected chi connectivity index (χ4v) is 5.09. The molecule has 0 spiro atoms. The molecule has 0 amide bonds. The Labute approximate surface area is 282 Å². The normalized spacial score (nSPS) is 10.8. The van der Waals surface area contributed by atoms with E-state index in [9.17, 15) is 19.2 Å². The lowest BCUT2D eigenvalue weighted by Gasteiger charge is -2.24. The molecular formula is C40H42N2O6. The number of carbonyl (C=O) groups is 4. The van der Waals surface area contributed by atoms with Crippen LogP contribution in [0.5, 0.6) is 0 Å². The molecule has 4 aromatic rings. The van der Waals surface area contributed by atoms with Gasteiger partial charge >= 0.3 is 11.9 Å². The Kier molecular flexibility index (Phi) is 12.8. The monoisotopic (exact) mass is 646 g/mol. The van der Waals surface area contributed by atoms with E-state index in [1.807, 2.05) is 29.2 Å². The quantitative estimate of drug-likeness (QED) is 0.0697. The molecule has 4 rings (SSSR count). The highest BCUT2D eigenvalue weighted by Crippen LogP contribution is 2.20. The first kappa shape index (κ1) is 35.4. The summed E-state index contributed by atoms with van der Waals surface area (Å²) in [6.45, 7) is 10.1. The van der Waals surface area contributed by atoms with Crippen molar-refractivity contribution in [2.45, 2.75) is 27.7 Å². The minimum Gasteiger partial charge on any atom is -0.460 e. The molecule has 0 bridgehead atoms. The minimum absolute atomic E-state index is 0.0784. The van der Waals surface area contributed by atoms with Gasteiger partial charge < -0.3 is 19.3 Å². The summed E-state index contributed by atoms with van der Waals surface area (Å²) in [5, 5.41) is 0. The van der Waals surface area contributed by atoms with E-state index < -0.39 is 11.9 Å². The molecule has 8 nitrogen and oxygen atoms in total. The molecular weight excluding hydrogens is 604 g/mol. The summed E-state index contributed by atoms with van der Waals surface area (Å²) in [6.07, 6.45) is 4.13. The van der Waals surface area contributed by atoms with E-state index in [0.717, 1.165) is 29.9 Å². The van der Waals surface area contributed by atoms with Crippen LogP contribution in [0.1, 0.15) is 80.3 Å². The number of esters is 2. The fraction of sp³-hybridized carbons (Fsp3) is 0.250. The van der Waals surface area contributed by atoms with E-state index in [1.54, 1.807) is 48.5 Å². The lowest BCUT2D eigenvalue weighted by Crippen LogP contribution is -2.32. The first-order chi connectivity index (χ1) is 23.2. The van der Waals surface area contributed by atoms with Crippen molar-refractivity contribution >= 4 is 47.0 Å². The van der Waals surface area contributed by atoms with Gasteiger partial charge in [-0.1, -0.05) is 60.7 Å². The van der Waals surface area contributed by atoms with E-state index in [0.29, 0.717) is 35.3 Å². The van der Waals surface area contributed by atoms with Crippen LogP contribution >= 0.6 is 0 Å². The number of Topliss-reactive ketones (excluding diaryl/α,β-unsaturated/α-hetero) is 2. The van der Waals surface area contributed by atoms with Crippen molar-refractivity contribution < 1.29 is 28.7 Å². The summed E-state index contributed by atoms with van der Waals surface area (Å²) in [5.41, 5.74) is 5.96. The van der Waals surface area contributed by atoms with Gasteiger partial charge in [-0.15, -0.1) is 0 Å². The number of benzene rings is 4. The van der Waals surface area contributed by atoms with Gasteiger partial charge in [0, 0.05) is 35.6 Å². The Balaban J connectivity index is 1.40. The van der Waals surface area contributed by atoms with Crippen molar-refractivity contribution in [3.63, 3.8) is 0 Å². The average Bonchev–Trinajstić information content (AvgIpc) is 3.11. The third-order valence-corrected chi connectivity index (χ3v) is 7.99. The van der Waals surface area contributed by atoms with Crippen LogP contribution in [0.15, 0.2) is 97.1 Å². The van der Waals surface area contributed by atoms with Crippen molar-refractivity contribution in [1.82, 2.24) is 0 Å². The van der Waals surface area contributed by atoms with Gasteiger partial charge in [-0.3, -0.25) is 9.59 Å². The van der Waals surface area contributed by atoms with Crippen LogP contribution in [-0.4, -0.2) is 62.9 Å². The molecule has 0 N–H and O–H groups in total. The lowest BCUT2D eigenvalue weighted by molar-refractivity contribution is 0.0503. The predicted molar refractivity (Wildman–Crippen MR) is 191 cm³/mol. The zero-order chi connectivity index (χ0) is 34.5. The first-order valence-electron chi connectivity index (χ1n) is 16.1. The third-order valence-electron chi connectivity index (χ3n) is 7.99. The van der Waals surface area contributed by atoms with Crippen LogP contribution in [0.25, 0.3) is 12.2 Å². The molecule has 0 aliphatic heterocycles. The number of ketones is 2. The number of anilines is 2. The fourth-order valence-electron chi connectivity index (χ4n) is 5.09. The van der Waals surface area contributed by atoms with Gasteiger partial charge in [-0.25, -0.2) is 9.59 Å². The Bertz CT molecular complexity index is 1630. The maximum atomic E-state index is 12.7. The summed E-state index contributed by atoms with van der Waals surface area (Å²) in [7, 11) is 0. The van der Waals surface area contributed by atoms with Crippen LogP contribution in [0.3, 0.4) is 0 Å². The maximum Gasteiger partial charge on any atom is 0.338 e. The Morgan fingerprint density at radius 1 is 0.500 bits per heavy atom. The second kappa shape index (κ2) is 17.4. The topological polar surface area (TPSA) is 93.2 Å². The molecule has 0 saturated carbocycles. The Morgan fingerprint density at radius 3 is 1.17 bits per heavy atom. The summed E-state index contributed by atoms with van der Waals surface area (Å²) in [6, 6.07) is 29.2. The van der Waals surface area contributed by atoms with E-state index in [-0.39, 0.29) is 24.8 Å². The average molecular weight is 647 g/mol. The van der Waals surface area contributed by atoms with Crippen molar-refractivity contribution in [1.29, 1.82) is 0 Å².